The molecule has 2 rings (SSSR count). The predicted octanol–water partition coefficient (Wildman–Crippen LogP) is 5.19. The van der Waals surface area contributed by atoms with Crippen molar-refractivity contribution in [3.8, 4) is 23.3 Å². The van der Waals surface area contributed by atoms with Crippen LogP contribution < -0.4 is 9.47 Å². The summed E-state index contributed by atoms with van der Waals surface area (Å²) >= 11 is 0. The van der Waals surface area contributed by atoms with Gasteiger partial charge in [0.2, 0.25) is 0 Å². The third-order valence-electron chi connectivity index (χ3n) is 4.03. The Bertz CT molecular complexity index is 740. The Morgan fingerprint density at radius 3 is 2.12 bits per heavy atom. The highest BCUT2D eigenvalue weighted by Gasteiger charge is 2.27. The molecular weight excluding hydrogens is 296 g/mol. The fourth-order valence-corrected chi connectivity index (χ4v) is 2.61. The Hall–Kier alpha value is -2.40. The van der Waals surface area contributed by atoms with Gasteiger partial charge in [0.1, 0.15) is 11.5 Å². The molecule has 24 heavy (non-hydrogen) atoms. The van der Waals surface area contributed by atoms with E-state index in [9.17, 15) is 0 Å². The molecule has 0 saturated carbocycles. The zero-order valence-corrected chi connectivity index (χ0v) is 15.4. The topological polar surface area (TPSA) is 18.5 Å². The van der Waals surface area contributed by atoms with Crippen LogP contribution in [0, 0.1) is 24.2 Å². The second kappa shape index (κ2) is 7.45. The minimum absolute atomic E-state index is 0.0143. The minimum atomic E-state index is -0.0143. The van der Waals surface area contributed by atoms with Crippen LogP contribution in [-0.2, 0) is 0 Å². The summed E-state index contributed by atoms with van der Waals surface area (Å²) in [7, 11) is 3.35. The van der Waals surface area contributed by atoms with Crippen LogP contribution >= 0.6 is 0 Å². The highest BCUT2D eigenvalue weighted by atomic mass is 16.5. The molecule has 126 valence electrons. The summed E-state index contributed by atoms with van der Waals surface area (Å²) in [6.07, 6.45) is 0. The van der Waals surface area contributed by atoms with E-state index in [0.717, 1.165) is 22.6 Å². The summed E-state index contributed by atoms with van der Waals surface area (Å²) in [6, 6.07) is 14.2. The quantitative estimate of drug-likeness (QED) is 0.724. The first-order valence-electron chi connectivity index (χ1n) is 8.15. The van der Waals surface area contributed by atoms with Crippen LogP contribution in [0.1, 0.15) is 43.4 Å². The van der Waals surface area contributed by atoms with Crippen LogP contribution in [0.3, 0.4) is 0 Å². The lowest BCUT2D eigenvalue weighted by Gasteiger charge is -2.28. The van der Waals surface area contributed by atoms with E-state index in [1.54, 1.807) is 14.2 Å². The average molecular weight is 322 g/mol. The fraction of sp³-hybridized carbons (Fsp3) is 0.364. The maximum Gasteiger partial charge on any atom is 0.127 e. The smallest absolute Gasteiger partial charge is 0.127 e. The average Bonchev–Trinajstić information content (AvgIpc) is 2.55. The summed E-state index contributed by atoms with van der Waals surface area (Å²) in [5, 5.41) is 0. The van der Waals surface area contributed by atoms with Crippen LogP contribution in [0.25, 0.3) is 0 Å². The summed E-state index contributed by atoms with van der Waals surface area (Å²) < 4.78 is 10.9. The lowest BCUT2D eigenvalue weighted by molar-refractivity contribution is 0.351. The highest BCUT2D eigenvalue weighted by molar-refractivity contribution is 5.48. The molecule has 0 saturated heterocycles. The van der Waals surface area contributed by atoms with Gasteiger partial charge in [0, 0.05) is 17.2 Å². The summed E-state index contributed by atoms with van der Waals surface area (Å²) in [5.74, 6) is 8.43. The lowest BCUT2D eigenvalue weighted by Crippen LogP contribution is -2.17. The van der Waals surface area contributed by atoms with E-state index >= 15 is 0 Å². The third kappa shape index (κ3) is 4.32. The van der Waals surface area contributed by atoms with Crippen molar-refractivity contribution in [1.82, 2.24) is 0 Å². The molecule has 1 atom stereocenters. The van der Waals surface area contributed by atoms with Gasteiger partial charge in [0.05, 0.1) is 20.1 Å². The first-order valence-corrected chi connectivity index (χ1v) is 8.15. The van der Waals surface area contributed by atoms with Crippen LogP contribution in [0.5, 0.6) is 11.5 Å². The van der Waals surface area contributed by atoms with E-state index in [1.165, 1.54) is 5.56 Å². The number of rotatable bonds is 3. The largest absolute Gasteiger partial charge is 0.497 e. The second-order valence-electron chi connectivity index (χ2n) is 7.04. The molecule has 0 bridgehead atoms. The number of hydrogen-bond acceptors (Lipinski definition) is 2. The molecule has 2 aromatic rings. The van der Waals surface area contributed by atoms with Gasteiger partial charge in [-0.15, -0.1) is 0 Å². The minimum Gasteiger partial charge on any atom is -0.497 e. The maximum atomic E-state index is 5.58. The Morgan fingerprint density at radius 1 is 0.917 bits per heavy atom. The van der Waals surface area contributed by atoms with Crippen molar-refractivity contribution in [1.29, 1.82) is 0 Å². The van der Waals surface area contributed by atoms with Crippen LogP contribution in [0.15, 0.2) is 42.5 Å². The highest BCUT2D eigenvalue weighted by Crippen LogP contribution is 2.40. The van der Waals surface area contributed by atoms with Crippen LogP contribution in [-0.4, -0.2) is 14.2 Å². The Morgan fingerprint density at radius 2 is 1.58 bits per heavy atom. The first kappa shape index (κ1) is 17.9. The molecule has 0 heterocycles. The summed E-state index contributed by atoms with van der Waals surface area (Å²) in [5.41, 5.74) is 3.34. The molecule has 0 amide bonds. The lowest BCUT2D eigenvalue weighted by atomic mass is 9.76. The van der Waals surface area contributed by atoms with Crippen LogP contribution in [0.4, 0.5) is 0 Å². The predicted molar refractivity (Wildman–Crippen MR) is 99.8 cm³/mol. The molecule has 0 N–H and O–H groups in total. The van der Waals surface area contributed by atoms with Crippen molar-refractivity contribution in [2.24, 2.45) is 5.41 Å². The maximum absolute atomic E-state index is 5.58. The van der Waals surface area contributed by atoms with Gasteiger partial charge in [-0.1, -0.05) is 56.4 Å². The van der Waals surface area contributed by atoms with E-state index in [0.29, 0.717) is 0 Å². The van der Waals surface area contributed by atoms with Crippen molar-refractivity contribution < 1.29 is 9.47 Å². The number of aryl methyl sites for hydroxylation is 1. The van der Waals surface area contributed by atoms with E-state index in [4.69, 9.17) is 9.47 Å². The monoisotopic (exact) mass is 322 g/mol. The van der Waals surface area contributed by atoms with Crippen molar-refractivity contribution in [2.45, 2.75) is 33.6 Å². The first-order chi connectivity index (χ1) is 11.3. The summed E-state index contributed by atoms with van der Waals surface area (Å²) in [4.78, 5) is 0. The molecule has 0 aromatic heterocycles. The Labute approximate surface area is 145 Å². The second-order valence-corrected chi connectivity index (χ2v) is 7.04. The van der Waals surface area contributed by atoms with Crippen molar-refractivity contribution >= 4 is 0 Å². The van der Waals surface area contributed by atoms with Gasteiger partial charge in [-0.25, -0.2) is 0 Å². The van der Waals surface area contributed by atoms with Crippen molar-refractivity contribution in [3.63, 3.8) is 0 Å². The van der Waals surface area contributed by atoms with E-state index in [-0.39, 0.29) is 11.3 Å². The van der Waals surface area contributed by atoms with Gasteiger partial charge in [-0.3, -0.25) is 0 Å². The number of hydrogen-bond donors (Lipinski definition) is 0. The molecule has 2 aromatic carbocycles. The molecule has 2 nitrogen and oxygen atoms in total. The fourth-order valence-electron chi connectivity index (χ4n) is 2.61. The molecule has 0 aliphatic rings. The molecule has 2 heteroatoms. The van der Waals surface area contributed by atoms with E-state index in [1.807, 2.05) is 12.1 Å². The van der Waals surface area contributed by atoms with Gasteiger partial charge in [0.15, 0.2) is 0 Å². The number of methoxy groups -OCH3 is 2. The molecule has 1 unspecified atom stereocenters. The van der Waals surface area contributed by atoms with Gasteiger partial charge in [-0.2, -0.15) is 0 Å². The summed E-state index contributed by atoms with van der Waals surface area (Å²) in [6.45, 7) is 8.68. The van der Waals surface area contributed by atoms with Gasteiger partial charge in [-0.05, 0) is 30.5 Å². The van der Waals surface area contributed by atoms with E-state index in [2.05, 4.69) is 69.9 Å². The van der Waals surface area contributed by atoms with E-state index < -0.39 is 0 Å². The Kier molecular flexibility index (Phi) is 5.57. The third-order valence-corrected chi connectivity index (χ3v) is 4.03. The number of ether oxygens (including phenoxy) is 2. The van der Waals surface area contributed by atoms with Crippen molar-refractivity contribution in [2.75, 3.05) is 14.2 Å². The van der Waals surface area contributed by atoms with Gasteiger partial charge in [0.25, 0.3) is 0 Å². The molecule has 0 fully saturated rings. The zero-order chi connectivity index (χ0) is 17.7. The van der Waals surface area contributed by atoms with Crippen molar-refractivity contribution in [3.05, 3.63) is 59.2 Å². The standard InChI is InChI=1S/C22H26O2/c1-16-7-9-17(10-8-16)11-14-20(22(2,3)4)19-13-12-18(23-5)15-21(19)24-6/h7-10,12-13,15,20H,1-6H3. The molecular formula is C22H26O2. The Balaban J connectivity index is 2.46. The SMILES string of the molecule is COc1ccc(C(C#Cc2ccc(C)cc2)C(C)(C)C)c(OC)c1. The zero-order valence-electron chi connectivity index (χ0n) is 15.4. The normalized spacial score (nSPS) is 12.1. The molecule has 0 spiro atoms. The van der Waals surface area contributed by atoms with Gasteiger partial charge >= 0.3 is 0 Å². The van der Waals surface area contributed by atoms with Gasteiger partial charge < -0.3 is 9.47 Å². The number of benzene rings is 2. The molecule has 0 aliphatic carbocycles. The molecule has 0 aliphatic heterocycles. The molecule has 0 radical (unpaired) electrons. The van der Waals surface area contributed by atoms with Crippen LogP contribution in [0.2, 0.25) is 0 Å².